The lowest BCUT2D eigenvalue weighted by Crippen LogP contribution is -2.33. The van der Waals surface area contributed by atoms with Gasteiger partial charge in [-0.15, -0.1) is 0 Å². The van der Waals surface area contributed by atoms with Crippen molar-refractivity contribution in [3.8, 4) is 11.3 Å². The maximum absolute atomic E-state index is 6.31. The first kappa shape index (κ1) is 17.2. The van der Waals surface area contributed by atoms with Crippen LogP contribution in [0.4, 0.5) is 5.82 Å². The van der Waals surface area contributed by atoms with Crippen LogP contribution in [0.1, 0.15) is 18.4 Å². The Hall–Kier alpha value is -2.24. The molecule has 1 aliphatic heterocycles. The normalized spacial score (nSPS) is 17.4. The minimum atomic E-state index is 0.606. The molecule has 1 aromatic carbocycles. The van der Waals surface area contributed by atoms with Gasteiger partial charge < -0.3 is 10.6 Å². The summed E-state index contributed by atoms with van der Waals surface area (Å²) in [6.45, 7) is 5.04. The van der Waals surface area contributed by atoms with Gasteiger partial charge in [-0.1, -0.05) is 23.7 Å². The van der Waals surface area contributed by atoms with E-state index in [0.29, 0.717) is 5.92 Å². The summed E-state index contributed by atoms with van der Waals surface area (Å²) < 4.78 is 0. The van der Waals surface area contributed by atoms with Gasteiger partial charge >= 0.3 is 0 Å². The molecule has 0 radical (unpaired) electrons. The van der Waals surface area contributed by atoms with E-state index in [4.69, 9.17) is 16.6 Å². The van der Waals surface area contributed by atoms with Gasteiger partial charge in [0.15, 0.2) is 5.82 Å². The standard InChI is InChI=1S/C20H22ClN5/c1-13-4-5-15(9-16(13)21)17-10-18-19(24-8-7-23-18)20(26-17)25-12-14-3-2-6-22-11-14/h4-5,7-10,14,22H,2-3,6,11-12H2,1H3,(H,25,26). The van der Waals surface area contributed by atoms with E-state index in [9.17, 15) is 0 Å². The van der Waals surface area contributed by atoms with E-state index < -0.39 is 0 Å². The molecule has 0 spiro atoms. The Morgan fingerprint density at radius 2 is 2.12 bits per heavy atom. The van der Waals surface area contributed by atoms with Gasteiger partial charge in [0.05, 0.1) is 11.2 Å². The highest BCUT2D eigenvalue weighted by Gasteiger charge is 2.15. The summed E-state index contributed by atoms with van der Waals surface area (Å²) in [7, 11) is 0. The fraction of sp³-hybridized carbons (Fsp3) is 0.350. The Balaban J connectivity index is 1.69. The van der Waals surface area contributed by atoms with Crippen molar-refractivity contribution in [2.45, 2.75) is 19.8 Å². The van der Waals surface area contributed by atoms with E-state index in [-0.39, 0.29) is 0 Å². The Labute approximate surface area is 158 Å². The SMILES string of the molecule is Cc1ccc(-c2cc3nccnc3c(NCC3CCCNC3)n2)cc1Cl. The lowest BCUT2D eigenvalue weighted by molar-refractivity contribution is 0.392. The summed E-state index contributed by atoms with van der Waals surface area (Å²) in [5, 5.41) is 7.70. The van der Waals surface area contributed by atoms with Crippen molar-refractivity contribution in [3.63, 3.8) is 0 Å². The Kier molecular flexibility index (Phi) is 5.00. The Morgan fingerprint density at radius 1 is 1.23 bits per heavy atom. The number of nitrogens with one attached hydrogen (secondary N) is 2. The predicted molar refractivity (Wildman–Crippen MR) is 107 cm³/mol. The molecule has 5 nitrogen and oxygen atoms in total. The van der Waals surface area contributed by atoms with Crippen LogP contribution in [-0.2, 0) is 0 Å². The van der Waals surface area contributed by atoms with Crippen LogP contribution in [0.3, 0.4) is 0 Å². The number of aryl methyl sites for hydroxylation is 1. The first-order valence-electron chi connectivity index (χ1n) is 9.03. The highest BCUT2D eigenvalue weighted by atomic mass is 35.5. The van der Waals surface area contributed by atoms with Gasteiger partial charge in [-0.05, 0) is 56.5 Å². The second kappa shape index (κ2) is 7.56. The molecule has 26 heavy (non-hydrogen) atoms. The highest BCUT2D eigenvalue weighted by molar-refractivity contribution is 6.31. The number of benzene rings is 1. The van der Waals surface area contributed by atoms with Crippen LogP contribution in [-0.4, -0.2) is 34.6 Å². The van der Waals surface area contributed by atoms with E-state index in [0.717, 1.165) is 58.3 Å². The number of halogens is 1. The first-order chi connectivity index (χ1) is 12.7. The largest absolute Gasteiger partial charge is 0.368 e. The number of hydrogen-bond acceptors (Lipinski definition) is 5. The molecule has 3 heterocycles. The quantitative estimate of drug-likeness (QED) is 0.728. The zero-order valence-corrected chi connectivity index (χ0v) is 15.6. The minimum Gasteiger partial charge on any atom is -0.368 e. The topological polar surface area (TPSA) is 62.7 Å². The molecule has 134 valence electrons. The van der Waals surface area contributed by atoms with Crippen LogP contribution in [0.5, 0.6) is 0 Å². The molecule has 1 unspecified atom stereocenters. The third-order valence-electron chi connectivity index (χ3n) is 4.88. The molecule has 2 aromatic heterocycles. The van der Waals surface area contributed by atoms with Crippen molar-refractivity contribution in [3.05, 3.63) is 47.2 Å². The van der Waals surface area contributed by atoms with Crippen molar-refractivity contribution in [1.29, 1.82) is 0 Å². The monoisotopic (exact) mass is 367 g/mol. The Morgan fingerprint density at radius 3 is 2.92 bits per heavy atom. The third-order valence-corrected chi connectivity index (χ3v) is 5.29. The predicted octanol–water partition coefficient (Wildman–Crippen LogP) is 4.07. The second-order valence-electron chi connectivity index (χ2n) is 6.84. The summed E-state index contributed by atoms with van der Waals surface area (Å²) in [6, 6.07) is 7.98. The number of aromatic nitrogens is 3. The van der Waals surface area contributed by atoms with Crippen LogP contribution in [0.15, 0.2) is 36.7 Å². The summed E-state index contributed by atoms with van der Waals surface area (Å²) >= 11 is 6.31. The fourth-order valence-electron chi connectivity index (χ4n) is 3.33. The molecule has 0 bridgehead atoms. The van der Waals surface area contributed by atoms with Gasteiger partial charge in [-0.2, -0.15) is 0 Å². The van der Waals surface area contributed by atoms with Crippen molar-refractivity contribution < 1.29 is 0 Å². The van der Waals surface area contributed by atoms with Gasteiger partial charge in [0.25, 0.3) is 0 Å². The van der Waals surface area contributed by atoms with Crippen molar-refractivity contribution in [2.24, 2.45) is 5.92 Å². The molecule has 2 N–H and O–H groups in total. The molecule has 0 amide bonds. The Bertz CT molecular complexity index is 921. The molecular weight excluding hydrogens is 346 g/mol. The van der Waals surface area contributed by atoms with Crippen LogP contribution in [0, 0.1) is 12.8 Å². The second-order valence-corrected chi connectivity index (χ2v) is 7.24. The molecular formula is C20H22ClN5. The van der Waals surface area contributed by atoms with E-state index in [1.807, 2.05) is 31.2 Å². The molecule has 1 atom stereocenters. The first-order valence-corrected chi connectivity index (χ1v) is 9.41. The molecule has 1 fully saturated rings. The summed E-state index contributed by atoms with van der Waals surface area (Å²) in [5.41, 5.74) is 4.52. The van der Waals surface area contributed by atoms with Gasteiger partial charge in [-0.3, -0.25) is 4.98 Å². The van der Waals surface area contributed by atoms with Crippen LogP contribution in [0.2, 0.25) is 5.02 Å². The van der Waals surface area contributed by atoms with E-state index in [1.165, 1.54) is 12.8 Å². The number of anilines is 1. The smallest absolute Gasteiger partial charge is 0.154 e. The molecule has 0 saturated carbocycles. The molecule has 6 heteroatoms. The maximum atomic E-state index is 6.31. The number of nitrogens with zero attached hydrogens (tertiary/aromatic N) is 3. The number of piperidine rings is 1. The average Bonchev–Trinajstić information content (AvgIpc) is 2.69. The zero-order valence-electron chi connectivity index (χ0n) is 14.8. The van der Waals surface area contributed by atoms with Crippen LogP contribution < -0.4 is 10.6 Å². The van der Waals surface area contributed by atoms with Crippen molar-refractivity contribution in [1.82, 2.24) is 20.3 Å². The zero-order chi connectivity index (χ0) is 17.9. The van der Waals surface area contributed by atoms with Crippen molar-refractivity contribution >= 4 is 28.5 Å². The number of pyridine rings is 1. The van der Waals surface area contributed by atoms with Crippen LogP contribution >= 0.6 is 11.6 Å². The number of rotatable bonds is 4. The lowest BCUT2D eigenvalue weighted by Gasteiger charge is -2.23. The number of fused-ring (bicyclic) bond motifs is 1. The summed E-state index contributed by atoms with van der Waals surface area (Å²) in [4.78, 5) is 13.8. The lowest BCUT2D eigenvalue weighted by atomic mass is 10.00. The summed E-state index contributed by atoms with van der Waals surface area (Å²) in [6.07, 6.45) is 5.88. The van der Waals surface area contributed by atoms with Gasteiger partial charge in [0, 0.05) is 29.5 Å². The van der Waals surface area contributed by atoms with E-state index in [2.05, 4.69) is 20.6 Å². The van der Waals surface area contributed by atoms with Crippen LogP contribution in [0.25, 0.3) is 22.3 Å². The minimum absolute atomic E-state index is 0.606. The van der Waals surface area contributed by atoms with Gasteiger partial charge in [-0.25, -0.2) is 9.97 Å². The van der Waals surface area contributed by atoms with Gasteiger partial charge in [0.2, 0.25) is 0 Å². The molecule has 4 rings (SSSR count). The molecule has 0 aliphatic carbocycles. The molecule has 1 aliphatic rings. The fourth-order valence-corrected chi connectivity index (χ4v) is 3.52. The maximum Gasteiger partial charge on any atom is 0.154 e. The molecule has 1 saturated heterocycles. The number of hydrogen-bond donors (Lipinski definition) is 2. The van der Waals surface area contributed by atoms with Gasteiger partial charge in [0.1, 0.15) is 5.52 Å². The molecule has 3 aromatic rings. The van der Waals surface area contributed by atoms with Crippen molar-refractivity contribution in [2.75, 3.05) is 25.0 Å². The highest BCUT2D eigenvalue weighted by Crippen LogP contribution is 2.28. The summed E-state index contributed by atoms with van der Waals surface area (Å²) in [5.74, 6) is 1.39. The average molecular weight is 368 g/mol. The van der Waals surface area contributed by atoms with E-state index in [1.54, 1.807) is 12.4 Å². The van der Waals surface area contributed by atoms with E-state index >= 15 is 0 Å². The third kappa shape index (κ3) is 3.64.